The van der Waals surface area contributed by atoms with Gasteiger partial charge in [0, 0.05) is 38.6 Å². The minimum atomic E-state index is -0.667. The second-order valence-corrected chi connectivity index (χ2v) is 9.34. The molecule has 2 amide bonds. The summed E-state index contributed by atoms with van der Waals surface area (Å²) in [5.74, 6) is -0.398. The van der Waals surface area contributed by atoms with Gasteiger partial charge in [0.25, 0.3) is 5.91 Å². The van der Waals surface area contributed by atoms with Crippen LogP contribution in [0.3, 0.4) is 0 Å². The van der Waals surface area contributed by atoms with Crippen LogP contribution in [0.5, 0.6) is 0 Å². The van der Waals surface area contributed by atoms with Gasteiger partial charge in [-0.3, -0.25) is 14.5 Å². The van der Waals surface area contributed by atoms with Gasteiger partial charge in [-0.1, -0.05) is 19.1 Å². The molecule has 2 aliphatic heterocycles. The number of thiocarbonyl (C=S) groups is 1. The summed E-state index contributed by atoms with van der Waals surface area (Å²) in [6.45, 7) is 3.30. The van der Waals surface area contributed by atoms with Crippen molar-refractivity contribution in [2.45, 2.75) is 44.8 Å². The number of nitrogens with one attached hydrogen (secondary N) is 1. The highest BCUT2D eigenvalue weighted by atomic mass is 32.1. The quantitative estimate of drug-likeness (QED) is 0.580. The zero-order valence-electron chi connectivity index (χ0n) is 20.0. The molecule has 0 aromatic heterocycles. The Bertz CT molecular complexity index is 1030. The van der Waals surface area contributed by atoms with Crippen LogP contribution in [0.2, 0.25) is 0 Å². The molecule has 1 N–H and O–H groups in total. The van der Waals surface area contributed by atoms with Crippen molar-refractivity contribution in [3.05, 3.63) is 54.1 Å². The Balaban J connectivity index is 1.53. The van der Waals surface area contributed by atoms with Gasteiger partial charge in [-0.25, -0.2) is 0 Å². The standard InChI is InChI=1S/C26H32N4O3S/c1-4-18-7-9-19(10-8-18)27-24(31)16-23-25(32)30(21-13-11-20(12-14-21)28(2)3)26(34)29(23)17-22-6-5-15-33-22/h7-14,22-23H,4-6,15-17H2,1-3H3,(H,27,31). The number of amides is 2. The summed E-state index contributed by atoms with van der Waals surface area (Å²) in [6.07, 6.45) is 2.88. The van der Waals surface area contributed by atoms with Gasteiger partial charge in [-0.2, -0.15) is 0 Å². The molecule has 0 bridgehead atoms. The molecule has 0 saturated carbocycles. The maximum absolute atomic E-state index is 13.6. The molecule has 2 aromatic carbocycles. The molecule has 0 aliphatic carbocycles. The summed E-state index contributed by atoms with van der Waals surface area (Å²) in [5.41, 5.74) is 3.66. The highest BCUT2D eigenvalue weighted by molar-refractivity contribution is 7.80. The largest absolute Gasteiger partial charge is 0.378 e. The maximum atomic E-state index is 13.6. The summed E-state index contributed by atoms with van der Waals surface area (Å²) in [6, 6.07) is 14.8. The Morgan fingerprint density at radius 3 is 2.44 bits per heavy atom. The first-order chi connectivity index (χ1) is 16.4. The topological polar surface area (TPSA) is 65.1 Å². The minimum Gasteiger partial charge on any atom is -0.378 e. The Morgan fingerprint density at radius 2 is 1.85 bits per heavy atom. The SMILES string of the molecule is CCc1ccc(NC(=O)CC2C(=O)N(c3ccc(N(C)C)cc3)C(=S)N2CC2CCCO2)cc1. The average molecular weight is 481 g/mol. The monoisotopic (exact) mass is 480 g/mol. The number of ether oxygens (including phenoxy) is 1. The van der Waals surface area contributed by atoms with E-state index >= 15 is 0 Å². The predicted octanol–water partition coefficient (Wildman–Crippen LogP) is 3.82. The first kappa shape index (κ1) is 24.2. The Kier molecular flexibility index (Phi) is 7.48. The molecular weight excluding hydrogens is 448 g/mol. The van der Waals surface area contributed by atoms with Gasteiger partial charge in [0.05, 0.1) is 18.2 Å². The Labute approximate surface area is 206 Å². The molecule has 34 heavy (non-hydrogen) atoms. The molecule has 7 nitrogen and oxygen atoms in total. The van der Waals surface area contributed by atoms with Crippen LogP contribution in [0, 0.1) is 0 Å². The van der Waals surface area contributed by atoms with E-state index in [1.54, 1.807) is 4.90 Å². The lowest BCUT2D eigenvalue weighted by atomic mass is 10.1. The van der Waals surface area contributed by atoms with Gasteiger partial charge in [-0.05, 0) is 73.4 Å². The van der Waals surface area contributed by atoms with Crippen LogP contribution in [0.4, 0.5) is 17.1 Å². The number of carbonyl (C=O) groups excluding carboxylic acids is 2. The minimum absolute atomic E-state index is 0.00830. The Morgan fingerprint density at radius 1 is 1.15 bits per heavy atom. The molecule has 4 rings (SSSR count). The number of anilines is 3. The second-order valence-electron chi connectivity index (χ2n) is 8.97. The van der Waals surface area contributed by atoms with Gasteiger partial charge >= 0.3 is 0 Å². The molecule has 2 unspecified atom stereocenters. The zero-order valence-corrected chi connectivity index (χ0v) is 20.8. The highest BCUT2D eigenvalue weighted by Gasteiger charge is 2.45. The van der Waals surface area contributed by atoms with Crippen molar-refractivity contribution in [3.8, 4) is 0 Å². The molecule has 2 atom stereocenters. The lowest BCUT2D eigenvalue weighted by Crippen LogP contribution is -2.42. The number of hydrogen-bond donors (Lipinski definition) is 1. The smallest absolute Gasteiger partial charge is 0.256 e. The molecule has 2 aliphatic rings. The van der Waals surface area contributed by atoms with Gasteiger partial charge < -0.3 is 19.9 Å². The fourth-order valence-corrected chi connectivity index (χ4v) is 4.80. The van der Waals surface area contributed by atoms with E-state index in [-0.39, 0.29) is 24.3 Å². The highest BCUT2D eigenvalue weighted by Crippen LogP contribution is 2.30. The third kappa shape index (κ3) is 5.23. The van der Waals surface area contributed by atoms with E-state index in [0.29, 0.717) is 24.0 Å². The van der Waals surface area contributed by atoms with Crippen LogP contribution in [-0.4, -0.2) is 61.2 Å². The van der Waals surface area contributed by atoms with Crippen LogP contribution in [0.15, 0.2) is 48.5 Å². The van der Waals surface area contributed by atoms with Crippen LogP contribution in [-0.2, 0) is 20.7 Å². The van der Waals surface area contributed by atoms with E-state index < -0.39 is 6.04 Å². The number of rotatable bonds is 8. The van der Waals surface area contributed by atoms with E-state index in [4.69, 9.17) is 17.0 Å². The van der Waals surface area contributed by atoms with E-state index in [1.807, 2.05) is 72.4 Å². The van der Waals surface area contributed by atoms with Crippen molar-refractivity contribution >= 4 is 46.2 Å². The van der Waals surface area contributed by atoms with Crippen LogP contribution in [0.25, 0.3) is 0 Å². The summed E-state index contributed by atoms with van der Waals surface area (Å²) in [4.78, 5) is 31.9. The Hall–Kier alpha value is -2.97. The summed E-state index contributed by atoms with van der Waals surface area (Å²) in [5, 5.41) is 3.35. The summed E-state index contributed by atoms with van der Waals surface area (Å²) in [7, 11) is 3.93. The van der Waals surface area contributed by atoms with Crippen LogP contribution < -0.4 is 15.1 Å². The normalized spacial score (nSPS) is 20.2. The molecule has 180 valence electrons. The maximum Gasteiger partial charge on any atom is 0.256 e. The number of carbonyl (C=O) groups is 2. The molecule has 0 radical (unpaired) electrons. The number of benzene rings is 2. The van der Waals surface area contributed by atoms with Gasteiger partial charge in [0.2, 0.25) is 5.91 Å². The first-order valence-electron chi connectivity index (χ1n) is 11.8. The molecule has 0 spiro atoms. The van der Waals surface area contributed by atoms with Crippen molar-refractivity contribution < 1.29 is 14.3 Å². The van der Waals surface area contributed by atoms with Crippen molar-refractivity contribution in [1.82, 2.24) is 4.90 Å². The van der Waals surface area contributed by atoms with Crippen molar-refractivity contribution in [2.75, 3.05) is 42.4 Å². The van der Waals surface area contributed by atoms with Crippen LogP contribution in [0.1, 0.15) is 31.7 Å². The predicted molar refractivity (Wildman–Crippen MR) is 139 cm³/mol. The number of nitrogens with zero attached hydrogens (tertiary/aromatic N) is 3. The fourth-order valence-electron chi connectivity index (χ4n) is 4.40. The molecule has 8 heteroatoms. The fraction of sp³-hybridized carbons (Fsp3) is 0.423. The van der Waals surface area contributed by atoms with Crippen molar-refractivity contribution in [1.29, 1.82) is 0 Å². The number of hydrogen-bond acceptors (Lipinski definition) is 5. The van der Waals surface area contributed by atoms with Gasteiger partial charge in [-0.15, -0.1) is 0 Å². The second kappa shape index (κ2) is 10.5. The molecule has 2 heterocycles. The molecule has 2 fully saturated rings. The zero-order chi connectivity index (χ0) is 24.2. The van der Waals surface area contributed by atoms with E-state index in [2.05, 4.69) is 12.2 Å². The van der Waals surface area contributed by atoms with E-state index in [9.17, 15) is 9.59 Å². The van der Waals surface area contributed by atoms with Crippen LogP contribution >= 0.6 is 12.2 Å². The summed E-state index contributed by atoms with van der Waals surface area (Å²) >= 11 is 5.76. The third-order valence-corrected chi connectivity index (χ3v) is 6.81. The molecule has 2 saturated heterocycles. The van der Waals surface area contributed by atoms with Crippen molar-refractivity contribution in [3.63, 3.8) is 0 Å². The lowest BCUT2D eigenvalue weighted by molar-refractivity contribution is -0.124. The van der Waals surface area contributed by atoms with Gasteiger partial charge in [0.1, 0.15) is 6.04 Å². The first-order valence-corrected chi connectivity index (χ1v) is 12.2. The van der Waals surface area contributed by atoms with E-state index in [0.717, 1.165) is 30.6 Å². The van der Waals surface area contributed by atoms with E-state index in [1.165, 1.54) is 5.56 Å². The van der Waals surface area contributed by atoms with Gasteiger partial charge in [0.15, 0.2) is 5.11 Å². The third-order valence-electron chi connectivity index (χ3n) is 6.39. The lowest BCUT2D eigenvalue weighted by Gasteiger charge is -2.26. The number of aryl methyl sites for hydroxylation is 1. The average Bonchev–Trinajstić information content (AvgIpc) is 3.42. The summed E-state index contributed by atoms with van der Waals surface area (Å²) < 4.78 is 5.82. The van der Waals surface area contributed by atoms with Crippen molar-refractivity contribution in [2.24, 2.45) is 0 Å². The molecular formula is C26H32N4O3S. The molecule has 2 aromatic rings.